The summed E-state index contributed by atoms with van der Waals surface area (Å²) in [6.45, 7) is 5.09. The van der Waals surface area contributed by atoms with E-state index >= 15 is 0 Å². The first-order valence-electron chi connectivity index (χ1n) is 17.7. The van der Waals surface area contributed by atoms with Gasteiger partial charge in [-0.3, -0.25) is 0 Å². The number of fused-ring (bicyclic) bond motifs is 8. The molecule has 1 nitrogen and oxygen atoms in total. The minimum atomic E-state index is -2.12. The number of hydrogen-bond donors (Lipinski definition) is 0. The molecule has 0 aliphatic carbocycles. The van der Waals surface area contributed by atoms with E-state index in [4.69, 9.17) is 0 Å². The van der Waals surface area contributed by atoms with Gasteiger partial charge in [0.15, 0.2) is 0 Å². The van der Waals surface area contributed by atoms with Crippen LogP contribution in [0.3, 0.4) is 0 Å². The Hall–Kier alpha value is -5.74. The zero-order valence-corrected chi connectivity index (χ0v) is 30.4. The molecular formula is C48H35NSSi. The molecule has 0 radical (unpaired) electrons. The van der Waals surface area contributed by atoms with Crippen molar-refractivity contribution in [3.8, 4) is 33.4 Å². The zero-order chi connectivity index (χ0) is 34.1. The van der Waals surface area contributed by atoms with Crippen molar-refractivity contribution in [1.82, 2.24) is 0 Å². The Morgan fingerprint density at radius 1 is 0.471 bits per heavy atom. The highest BCUT2D eigenvalue weighted by atomic mass is 32.1. The van der Waals surface area contributed by atoms with Crippen LogP contribution < -0.4 is 15.3 Å². The van der Waals surface area contributed by atoms with Gasteiger partial charge in [-0.1, -0.05) is 147 Å². The second-order valence-corrected chi connectivity index (χ2v) is 19.5. The molecule has 1 aliphatic heterocycles. The van der Waals surface area contributed by atoms with Crippen LogP contribution in [0, 0.1) is 0 Å². The number of thiophene rings is 1. The lowest BCUT2D eigenvalue weighted by Gasteiger charge is -2.31. The van der Waals surface area contributed by atoms with E-state index in [1.165, 1.54) is 80.4 Å². The second kappa shape index (κ2) is 11.7. The number of rotatable bonds is 5. The van der Waals surface area contributed by atoms with E-state index < -0.39 is 8.07 Å². The predicted octanol–water partition coefficient (Wildman–Crippen LogP) is 12.8. The van der Waals surface area contributed by atoms with Crippen molar-refractivity contribution in [3.05, 3.63) is 176 Å². The van der Waals surface area contributed by atoms with Gasteiger partial charge in [0.25, 0.3) is 0 Å². The second-order valence-electron chi connectivity index (χ2n) is 14.1. The fraction of sp³-hybridized carbons (Fsp3) is 0.0417. The minimum absolute atomic E-state index is 1.16. The van der Waals surface area contributed by atoms with Gasteiger partial charge in [0.2, 0.25) is 0 Å². The van der Waals surface area contributed by atoms with Gasteiger partial charge in [0.05, 0.1) is 0 Å². The van der Waals surface area contributed by atoms with Crippen LogP contribution in [0.4, 0.5) is 17.1 Å². The van der Waals surface area contributed by atoms with Gasteiger partial charge < -0.3 is 4.90 Å². The highest BCUT2D eigenvalue weighted by Crippen LogP contribution is 2.45. The summed E-state index contributed by atoms with van der Waals surface area (Å²) in [5, 5.41) is 8.30. The molecule has 9 aromatic rings. The fourth-order valence-corrected chi connectivity index (χ4v) is 13.1. The van der Waals surface area contributed by atoms with Gasteiger partial charge in [-0.15, -0.1) is 11.3 Å². The summed E-state index contributed by atoms with van der Waals surface area (Å²) in [4.78, 5) is 2.51. The van der Waals surface area contributed by atoms with Crippen LogP contribution in [0.2, 0.25) is 13.1 Å². The molecule has 0 unspecified atom stereocenters. The lowest BCUT2D eigenvalue weighted by atomic mass is 10.00. The Morgan fingerprint density at radius 3 is 2.02 bits per heavy atom. The number of benzene rings is 8. The first kappa shape index (κ1) is 30.1. The Morgan fingerprint density at radius 2 is 1.16 bits per heavy atom. The molecule has 0 atom stereocenters. The van der Waals surface area contributed by atoms with Crippen molar-refractivity contribution in [1.29, 1.82) is 0 Å². The minimum Gasteiger partial charge on any atom is -0.311 e. The van der Waals surface area contributed by atoms with Crippen molar-refractivity contribution in [2.45, 2.75) is 13.1 Å². The maximum absolute atomic E-state index is 2.54. The molecule has 0 spiro atoms. The topological polar surface area (TPSA) is 3.24 Å². The largest absolute Gasteiger partial charge is 0.311 e. The molecule has 51 heavy (non-hydrogen) atoms. The van der Waals surface area contributed by atoms with E-state index in [2.05, 4.69) is 194 Å². The SMILES string of the molecule is C[Si]1(C)c2ccc3c(sc4ccccc43)c2-c2cccc(N(c3ccc(-c4ccc5ccccc5c4)cc3)c3cccc(-c4ccccc4)c3)c21. The number of nitrogens with zero attached hydrogens (tertiary/aromatic N) is 1. The molecule has 0 N–H and O–H groups in total. The van der Waals surface area contributed by atoms with Crippen LogP contribution in [0.25, 0.3) is 64.3 Å². The van der Waals surface area contributed by atoms with E-state index in [-0.39, 0.29) is 0 Å². The normalized spacial score (nSPS) is 13.1. The van der Waals surface area contributed by atoms with Crippen LogP contribution in [0.5, 0.6) is 0 Å². The van der Waals surface area contributed by atoms with Crippen LogP contribution in [-0.2, 0) is 0 Å². The predicted molar refractivity (Wildman–Crippen MR) is 225 cm³/mol. The average molecular weight is 686 g/mol. The molecular weight excluding hydrogens is 651 g/mol. The van der Waals surface area contributed by atoms with E-state index in [9.17, 15) is 0 Å². The van der Waals surface area contributed by atoms with Crippen molar-refractivity contribution in [2.75, 3.05) is 4.90 Å². The molecule has 1 aliphatic rings. The highest BCUT2D eigenvalue weighted by molar-refractivity contribution is 7.26. The Kier molecular flexibility index (Phi) is 6.89. The third-order valence-electron chi connectivity index (χ3n) is 10.8. The standard InChI is InChI=1S/C48H35NSSi/c1-51(2)45-29-28-41-40-18-8-9-21-44(40)50-47(41)46(45)42-19-11-20-43(48(42)51)49(39-17-10-16-36(31-39)32-12-4-3-5-13-32)38-26-24-34(25-27-38)37-23-22-33-14-6-7-15-35(33)30-37/h3-31H,1-2H3. The third kappa shape index (κ3) is 4.80. The molecule has 0 bridgehead atoms. The summed E-state index contributed by atoms with van der Waals surface area (Å²) in [6, 6.07) is 65.0. The monoisotopic (exact) mass is 685 g/mol. The number of anilines is 3. The number of hydrogen-bond acceptors (Lipinski definition) is 2. The lowest BCUT2D eigenvalue weighted by Crippen LogP contribution is -2.50. The van der Waals surface area contributed by atoms with Gasteiger partial charge in [-0.25, -0.2) is 0 Å². The first-order valence-corrected chi connectivity index (χ1v) is 21.5. The summed E-state index contributed by atoms with van der Waals surface area (Å²) in [5.74, 6) is 0. The lowest BCUT2D eigenvalue weighted by molar-refractivity contribution is 1.29. The molecule has 0 saturated carbocycles. The fourth-order valence-electron chi connectivity index (χ4n) is 8.36. The molecule has 10 rings (SSSR count). The Labute approximate surface area is 303 Å². The average Bonchev–Trinajstić information content (AvgIpc) is 3.68. The van der Waals surface area contributed by atoms with Gasteiger partial charge >= 0.3 is 0 Å². The van der Waals surface area contributed by atoms with Crippen LogP contribution in [-0.4, -0.2) is 8.07 Å². The van der Waals surface area contributed by atoms with Gasteiger partial charge in [0.1, 0.15) is 8.07 Å². The van der Waals surface area contributed by atoms with Crippen LogP contribution in [0.1, 0.15) is 0 Å². The smallest absolute Gasteiger partial charge is 0.116 e. The Balaban J connectivity index is 1.17. The highest BCUT2D eigenvalue weighted by Gasteiger charge is 2.42. The molecule has 0 amide bonds. The molecule has 2 heterocycles. The third-order valence-corrected chi connectivity index (χ3v) is 15.6. The summed E-state index contributed by atoms with van der Waals surface area (Å²) >= 11 is 1.95. The summed E-state index contributed by atoms with van der Waals surface area (Å²) in [7, 11) is -2.12. The van der Waals surface area contributed by atoms with E-state index in [1.54, 1.807) is 0 Å². The summed E-state index contributed by atoms with van der Waals surface area (Å²) in [5.41, 5.74) is 11.3. The first-order chi connectivity index (χ1) is 25.0. The Bertz CT molecular complexity index is 2780. The molecule has 242 valence electrons. The van der Waals surface area contributed by atoms with Crippen molar-refractivity contribution >= 4 is 77.8 Å². The zero-order valence-electron chi connectivity index (χ0n) is 28.6. The van der Waals surface area contributed by atoms with Crippen molar-refractivity contribution in [3.63, 3.8) is 0 Å². The van der Waals surface area contributed by atoms with Crippen LogP contribution in [0.15, 0.2) is 176 Å². The quantitative estimate of drug-likeness (QED) is 0.163. The van der Waals surface area contributed by atoms with Gasteiger partial charge in [-0.2, -0.15) is 0 Å². The molecule has 1 aromatic heterocycles. The summed E-state index contributed by atoms with van der Waals surface area (Å²) < 4.78 is 2.78. The molecule has 8 aromatic carbocycles. The maximum Gasteiger partial charge on any atom is 0.116 e. The van der Waals surface area contributed by atoms with Crippen LogP contribution >= 0.6 is 11.3 Å². The van der Waals surface area contributed by atoms with E-state index in [1.807, 2.05) is 11.3 Å². The van der Waals surface area contributed by atoms with Crippen molar-refractivity contribution < 1.29 is 0 Å². The van der Waals surface area contributed by atoms with E-state index in [0.29, 0.717) is 0 Å². The van der Waals surface area contributed by atoms with Gasteiger partial charge in [0, 0.05) is 37.2 Å². The molecule has 0 saturated heterocycles. The van der Waals surface area contributed by atoms with Crippen molar-refractivity contribution in [2.24, 2.45) is 0 Å². The maximum atomic E-state index is 2.54. The summed E-state index contributed by atoms with van der Waals surface area (Å²) in [6.07, 6.45) is 0. The van der Waals surface area contributed by atoms with E-state index in [0.717, 1.165) is 11.4 Å². The molecule has 3 heteroatoms. The van der Waals surface area contributed by atoms with Gasteiger partial charge in [-0.05, 0) is 97.0 Å². The molecule has 0 fully saturated rings.